The number of fused-ring (bicyclic) bond motifs is 1. The van der Waals surface area contributed by atoms with E-state index >= 15 is 0 Å². The first-order chi connectivity index (χ1) is 15.9. The van der Waals surface area contributed by atoms with E-state index in [1.54, 1.807) is 0 Å². The maximum Gasteiger partial charge on any atom is 0.429 e. The topological polar surface area (TPSA) is 126 Å². The van der Waals surface area contributed by atoms with Gasteiger partial charge in [0.1, 0.15) is 5.60 Å². The number of carboxylic acid groups (broad SMARTS) is 1. The van der Waals surface area contributed by atoms with Crippen molar-refractivity contribution in [1.29, 1.82) is 0 Å². The average molecular weight is 633 g/mol. The number of anilines is 1. The number of hydrogen-bond donors (Lipinski definition) is 1. The van der Waals surface area contributed by atoms with E-state index in [9.17, 15) is 45.1 Å². The number of azo groups is 1. The zero-order chi connectivity index (χ0) is 26.7. The molecule has 9 nitrogen and oxygen atoms in total. The summed E-state index contributed by atoms with van der Waals surface area (Å²) in [5.41, 5.74) is -2.39. The van der Waals surface area contributed by atoms with E-state index in [2.05, 4.69) is 10.2 Å². The van der Waals surface area contributed by atoms with Crippen LogP contribution >= 0.6 is 22.6 Å². The normalized spacial score (nSPS) is 17.3. The van der Waals surface area contributed by atoms with E-state index in [-0.39, 0.29) is 15.6 Å². The maximum atomic E-state index is 14.4. The van der Waals surface area contributed by atoms with Crippen LogP contribution in [0.1, 0.15) is 26.3 Å². The number of aliphatic carboxylic acids is 1. The molecule has 1 atom stereocenters. The zero-order valence-electron chi connectivity index (χ0n) is 17.7. The van der Waals surface area contributed by atoms with E-state index in [4.69, 9.17) is 4.74 Å². The highest BCUT2D eigenvalue weighted by atomic mass is 127. The van der Waals surface area contributed by atoms with Crippen LogP contribution in [0.4, 0.5) is 38.1 Å². The highest BCUT2D eigenvalue weighted by Gasteiger charge is 2.46. The summed E-state index contributed by atoms with van der Waals surface area (Å²) in [6, 6.07) is 2.74. The van der Waals surface area contributed by atoms with E-state index in [1.165, 1.54) is 43.4 Å². The summed E-state index contributed by atoms with van der Waals surface area (Å²) < 4.78 is 99.0. The Balaban J connectivity index is 2.32. The Bertz CT molecular complexity index is 1380. The number of carbonyl (C=O) groups is 2. The van der Waals surface area contributed by atoms with Crippen molar-refractivity contribution in [1.82, 2.24) is 0 Å². The molecule has 0 aromatic heterocycles. The number of nitrogens with zero attached hydrogens (tertiary/aromatic N) is 3. The van der Waals surface area contributed by atoms with Crippen molar-refractivity contribution in [3.8, 4) is 0 Å². The second-order valence-corrected chi connectivity index (χ2v) is 11.3. The molecule has 3 rings (SSSR count). The number of carbonyl (C=O) groups excluding carboxylic acids is 1. The monoisotopic (exact) mass is 633 g/mol. The van der Waals surface area contributed by atoms with Crippen LogP contribution in [0.5, 0.6) is 0 Å². The molecule has 1 amide bonds. The van der Waals surface area contributed by atoms with Crippen LogP contribution in [-0.2, 0) is 23.1 Å². The van der Waals surface area contributed by atoms with Gasteiger partial charge in [-0.25, -0.2) is 40.0 Å². The molecule has 16 heteroatoms. The molecule has 2 aromatic rings. The summed E-state index contributed by atoms with van der Waals surface area (Å²) >= 11 is 1.38. The van der Waals surface area contributed by atoms with Gasteiger partial charge < -0.3 is 9.84 Å². The quantitative estimate of drug-likeness (QED) is 0.122. The SMILES string of the molecule is CC(C)(C)OC(=O)N(c1ccc2c(c1)C(I)(C(=O)O)N=N2)S(=O)(=O)c1c(F)c(F)c(F)c(F)c1F. The van der Waals surface area contributed by atoms with Gasteiger partial charge >= 0.3 is 12.1 Å². The predicted octanol–water partition coefficient (Wildman–Crippen LogP) is 5.28. The fourth-order valence-electron chi connectivity index (χ4n) is 2.89. The highest BCUT2D eigenvalue weighted by molar-refractivity contribution is 14.1. The molecule has 1 N–H and O–H groups in total. The van der Waals surface area contributed by atoms with Crippen LogP contribution in [0.3, 0.4) is 0 Å². The van der Waals surface area contributed by atoms with Gasteiger partial charge in [-0.05, 0) is 61.6 Å². The minimum absolute atomic E-state index is 0.0386. The Kier molecular flexibility index (Phi) is 6.60. The second kappa shape index (κ2) is 8.65. The molecule has 0 spiro atoms. The Labute approximate surface area is 207 Å². The molecule has 1 heterocycles. The van der Waals surface area contributed by atoms with E-state index in [0.29, 0.717) is 0 Å². The summed E-state index contributed by atoms with van der Waals surface area (Å²) in [4.78, 5) is 22.3. The van der Waals surface area contributed by atoms with Gasteiger partial charge in [0, 0.05) is 5.56 Å². The molecule has 0 saturated heterocycles. The lowest BCUT2D eigenvalue weighted by Crippen LogP contribution is -2.42. The summed E-state index contributed by atoms with van der Waals surface area (Å²) in [5, 5.41) is 16.7. The van der Waals surface area contributed by atoms with Crippen molar-refractivity contribution >= 4 is 56.1 Å². The molecule has 0 bridgehead atoms. The molecule has 0 saturated carbocycles. The van der Waals surface area contributed by atoms with Crippen LogP contribution in [0, 0.1) is 29.1 Å². The van der Waals surface area contributed by atoms with Gasteiger partial charge in [0.05, 0.1) is 11.4 Å². The van der Waals surface area contributed by atoms with Gasteiger partial charge in [0.2, 0.25) is 5.82 Å². The van der Waals surface area contributed by atoms with E-state index in [1.807, 2.05) is 0 Å². The smallest absolute Gasteiger partial charge is 0.429 e. The molecule has 0 aliphatic carbocycles. The van der Waals surface area contributed by atoms with Crippen LogP contribution in [-0.4, -0.2) is 31.2 Å². The number of alkyl halides is 1. The maximum absolute atomic E-state index is 14.4. The predicted molar refractivity (Wildman–Crippen MR) is 116 cm³/mol. The highest BCUT2D eigenvalue weighted by Crippen LogP contribution is 2.47. The molecular formula is C19H13F5IN3O6S. The number of benzene rings is 2. The van der Waals surface area contributed by atoms with E-state index < -0.39 is 70.9 Å². The van der Waals surface area contributed by atoms with E-state index in [0.717, 1.165) is 18.2 Å². The van der Waals surface area contributed by atoms with Crippen molar-refractivity contribution in [3.05, 3.63) is 52.8 Å². The third-order valence-corrected chi connectivity index (χ3v) is 7.35. The summed E-state index contributed by atoms with van der Waals surface area (Å²) in [7, 11) is -5.87. The lowest BCUT2D eigenvalue weighted by atomic mass is 10.1. The first-order valence-electron chi connectivity index (χ1n) is 9.23. The molecule has 35 heavy (non-hydrogen) atoms. The number of rotatable bonds is 4. The van der Waals surface area contributed by atoms with Crippen LogP contribution in [0.25, 0.3) is 0 Å². The Morgan fingerprint density at radius 1 is 1.03 bits per heavy atom. The Morgan fingerprint density at radius 2 is 1.54 bits per heavy atom. The number of ether oxygens (including phenoxy) is 1. The van der Waals surface area contributed by atoms with Crippen molar-refractivity contribution in [2.24, 2.45) is 10.2 Å². The number of sulfonamides is 1. The molecule has 188 valence electrons. The Hall–Kier alpha value is -2.89. The van der Waals surface area contributed by atoms with Gasteiger partial charge in [-0.1, -0.05) is 0 Å². The summed E-state index contributed by atoms with van der Waals surface area (Å²) in [6.45, 7) is 3.94. The molecule has 0 fully saturated rings. The fourth-order valence-corrected chi connectivity index (χ4v) is 4.86. The van der Waals surface area contributed by atoms with Crippen LogP contribution in [0.2, 0.25) is 0 Å². The Morgan fingerprint density at radius 3 is 2.03 bits per heavy atom. The minimum atomic E-state index is -5.87. The molecule has 1 aliphatic heterocycles. The van der Waals surface area contributed by atoms with Crippen molar-refractivity contribution < 1.29 is 49.8 Å². The number of carboxylic acids is 1. The summed E-state index contributed by atoms with van der Waals surface area (Å²) in [6.07, 6.45) is -1.78. The van der Waals surface area contributed by atoms with Crippen LogP contribution in [0.15, 0.2) is 33.3 Å². The third kappa shape index (κ3) is 4.43. The standard InChI is InChI=1S/C19H13F5IN3O6S/c1-18(2,3)34-17(31)28(7-4-5-9-8(6-7)19(25,16(29)30)27-26-9)35(32,33)15-13(23)11(21)10(20)12(22)14(15)24/h4-6H,1-3H3,(H,29,30). The first-order valence-corrected chi connectivity index (χ1v) is 11.7. The third-order valence-electron chi connectivity index (χ3n) is 4.38. The molecule has 1 unspecified atom stereocenters. The molecular weight excluding hydrogens is 620 g/mol. The largest absolute Gasteiger partial charge is 0.479 e. The average Bonchev–Trinajstić information content (AvgIpc) is 3.07. The lowest BCUT2D eigenvalue weighted by molar-refractivity contribution is -0.139. The number of halogens is 6. The van der Waals surface area contributed by atoms with Crippen molar-refractivity contribution in [3.63, 3.8) is 0 Å². The van der Waals surface area contributed by atoms with Crippen molar-refractivity contribution in [2.75, 3.05) is 4.31 Å². The minimum Gasteiger partial charge on any atom is -0.479 e. The van der Waals surface area contributed by atoms with Gasteiger partial charge in [-0.2, -0.15) is 14.5 Å². The summed E-state index contributed by atoms with van der Waals surface area (Å²) in [5.74, 6) is -14.7. The molecule has 2 aromatic carbocycles. The van der Waals surface area contributed by atoms with Gasteiger partial charge in [0.25, 0.3) is 13.6 Å². The number of hydrogen-bond acceptors (Lipinski definition) is 7. The van der Waals surface area contributed by atoms with Crippen molar-refractivity contribution in [2.45, 2.75) is 34.8 Å². The number of amides is 1. The van der Waals surface area contributed by atoms with Gasteiger partial charge in [-0.15, -0.1) is 0 Å². The zero-order valence-corrected chi connectivity index (χ0v) is 20.7. The molecule has 0 radical (unpaired) electrons. The fraction of sp³-hybridized carbons (Fsp3) is 0.263. The first kappa shape index (κ1) is 26.7. The second-order valence-electron chi connectivity index (χ2n) is 7.98. The lowest BCUT2D eigenvalue weighted by Gasteiger charge is -2.28. The van der Waals surface area contributed by atoms with Gasteiger partial charge in [-0.3, -0.25) is 0 Å². The van der Waals surface area contributed by atoms with Crippen LogP contribution < -0.4 is 4.31 Å². The van der Waals surface area contributed by atoms with Gasteiger partial charge in [0.15, 0.2) is 28.2 Å². The molecule has 1 aliphatic rings.